The molecule has 3 aromatic rings. The van der Waals surface area contributed by atoms with Gasteiger partial charge in [0.15, 0.2) is 5.43 Å². The van der Waals surface area contributed by atoms with Gasteiger partial charge in [-0.15, -0.1) is 0 Å². The number of carbonyl (C=O) groups is 1. The number of fused-ring (bicyclic) bond motifs is 2. The maximum Gasteiger partial charge on any atom is 0.290 e. The Hall–Kier alpha value is -3.08. The van der Waals surface area contributed by atoms with Crippen LogP contribution in [0.1, 0.15) is 66.9 Å². The molecule has 0 saturated carbocycles. The van der Waals surface area contributed by atoms with Crippen LogP contribution >= 0.6 is 0 Å². The van der Waals surface area contributed by atoms with E-state index in [1.54, 1.807) is 11.0 Å². The summed E-state index contributed by atoms with van der Waals surface area (Å²) < 4.78 is 11.9. The van der Waals surface area contributed by atoms with Gasteiger partial charge in [-0.2, -0.15) is 0 Å². The molecule has 5 heteroatoms. The summed E-state index contributed by atoms with van der Waals surface area (Å²) in [5.41, 5.74) is 2.58. The number of rotatable bonds is 7. The maximum absolute atomic E-state index is 13.5. The van der Waals surface area contributed by atoms with Gasteiger partial charge < -0.3 is 14.1 Å². The number of benzene rings is 2. The monoisotopic (exact) mass is 419 g/mol. The molecular formula is C26H29NO4. The number of amides is 1. The van der Waals surface area contributed by atoms with Crippen LogP contribution < -0.4 is 10.2 Å². The van der Waals surface area contributed by atoms with E-state index in [0.717, 1.165) is 29.7 Å². The average Bonchev–Trinajstić information content (AvgIpc) is 3.01. The molecule has 4 rings (SSSR count). The van der Waals surface area contributed by atoms with Crippen molar-refractivity contribution in [3.63, 3.8) is 0 Å². The molecule has 5 nitrogen and oxygen atoms in total. The van der Waals surface area contributed by atoms with Crippen LogP contribution in [0.2, 0.25) is 0 Å². The van der Waals surface area contributed by atoms with Crippen molar-refractivity contribution < 1.29 is 13.9 Å². The van der Waals surface area contributed by atoms with Gasteiger partial charge in [0.05, 0.1) is 23.6 Å². The van der Waals surface area contributed by atoms with Crippen LogP contribution in [0.25, 0.3) is 11.0 Å². The minimum atomic E-state index is -0.475. The first-order valence-corrected chi connectivity index (χ1v) is 11.0. The molecule has 2 heterocycles. The molecule has 1 aromatic heterocycles. The molecule has 0 unspecified atom stereocenters. The van der Waals surface area contributed by atoms with Crippen LogP contribution in [0, 0.1) is 12.8 Å². The first kappa shape index (κ1) is 21.2. The first-order chi connectivity index (χ1) is 14.9. The van der Waals surface area contributed by atoms with Gasteiger partial charge in [-0.05, 0) is 55.5 Å². The van der Waals surface area contributed by atoms with Crippen LogP contribution in [0.4, 0.5) is 0 Å². The third-order valence-corrected chi connectivity index (χ3v) is 5.72. The second-order valence-electron chi connectivity index (χ2n) is 8.68. The van der Waals surface area contributed by atoms with Crippen molar-refractivity contribution in [2.45, 2.75) is 46.6 Å². The lowest BCUT2D eigenvalue weighted by Crippen LogP contribution is -2.30. The molecule has 0 spiro atoms. The molecule has 0 saturated heterocycles. The van der Waals surface area contributed by atoms with E-state index in [-0.39, 0.29) is 17.1 Å². The summed E-state index contributed by atoms with van der Waals surface area (Å²) in [5.74, 6) is 1.24. The fourth-order valence-corrected chi connectivity index (χ4v) is 4.14. The first-order valence-electron chi connectivity index (χ1n) is 11.0. The predicted molar refractivity (Wildman–Crippen MR) is 122 cm³/mol. The summed E-state index contributed by atoms with van der Waals surface area (Å²) in [5, 5.41) is 0.513. The van der Waals surface area contributed by atoms with Crippen LogP contribution in [-0.2, 0) is 0 Å². The van der Waals surface area contributed by atoms with Crippen LogP contribution in [0.3, 0.4) is 0 Å². The summed E-state index contributed by atoms with van der Waals surface area (Å²) in [6.45, 7) is 9.46. The highest BCUT2D eigenvalue weighted by atomic mass is 16.5. The number of hydrogen-bond donors (Lipinski definition) is 0. The summed E-state index contributed by atoms with van der Waals surface area (Å²) in [7, 11) is 0. The molecule has 0 aliphatic carbocycles. The van der Waals surface area contributed by atoms with Crippen molar-refractivity contribution in [2.24, 2.45) is 5.92 Å². The van der Waals surface area contributed by atoms with Gasteiger partial charge in [-0.3, -0.25) is 9.59 Å². The number of nitrogens with zero attached hydrogens (tertiary/aromatic N) is 1. The van der Waals surface area contributed by atoms with E-state index < -0.39 is 6.04 Å². The van der Waals surface area contributed by atoms with E-state index in [1.807, 2.05) is 50.2 Å². The van der Waals surface area contributed by atoms with Gasteiger partial charge in [0.2, 0.25) is 5.76 Å². The van der Waals surface area contributed by atoms with Crippen molar-refractivity contribution in [1.82, 2.24) is 4.90 Å². The van der Waals surface area contributed by atoms with E-state index in [4.69, 9.17) is 9.15 Å². The number of carbonyl (C=O) groups excluding carboxylic acids is 1. The van der Waals surface area contributed by atoms with E-state index in [9.17, 15) is 9.59 Å². The Balaban J connectivity index is 1.82. The van der Waals surface area contributed by atoms with Crippen LogP contribution in [0.5, 0.6) is 5.75 Å². The number of aryl methyl sites for hydroxylation is 1. The van der Waals surface area contributed by atoms with Gasteiger partial charge in [-0.1, -0.05) is 44.5 Å². The third kappa shape index (κ3) is 3.97. The molecule has 0 radical (unpaired) electrons. The standard InChI is InChI=1S/C26H29NO4/c1-5-12-27-23(18-7-6-8-19(15-18)30-13-11-16(2)3)22-24(28)20-14-17(4)9-10-21(20)31-25(22)26(27)29/h6-10,14-16,23H,5,11-13H2,1-4H3/t23-/m1/s1. The normalized spacial score (nSPS) is 15.7. The van der Waals surface area contributed by atoms with Crippen LogP contribution in [-0.4, -0.2) is 24.0 Å². The molecule has 0 bridgehead atoms. The fraction of sp³-hybridized carbons (Fsp3) is 0.385. The zero-order valence-electron chi connectivity index (χ0n) is 18.6. The van der Waals surface area contributed by atoms with Crippen molar-refractivity contribution in [2.75, 3.05) is 13.2 Å². The summed E-state index contributed by atoms with van der Waals surface area (Å²) >= 11 is 0. The molecule has 1 amide bonds. The highest BCUT2D eigenvalue weighted by molar-refractivity contribution is 5.99. The molecule has 1 aliphatic rings. The molecule has 2 aromatic carbocycles. The van der Waals surface area contributed by atoms with Crippen LogP contribution in [0.15, 0.2) is 51.7 Å². The number of hydrogen-bond acceptors (Lipinski definition) is 4. The minimum absolute atomic E-state index is 0.136. The predicted octanol–water partition coefficient (Wildman–Crippen LogP) is 5.48. The van der Waals surface area contributed by atoms with Gasteiger partial charge >= 0.3 is 0 Å². The van der Waals surface area contributed by atoms with Crippen molar-refractivity contribution in [3.05, 3.63) is 75.1 Å². The highest BCUT2D eigenvalue weighted by Crippen LogP contribution is 2.39. The average molecular weight is 420 g/mol. The molecular weight excluding hydrogens is 390 g/mol. The second-order valence-corrected chi connectivity index (χ2v) is 8.68. The van der Waals surface area contributed by atoms with E-state index in [2.05, 4.69) is 13.8 Å². The molecule has 1 atom stereocenters. The zero-order valence-corrected chi connectivity index (χ0v) is 18.6. The Morgan fingerprint density at radius 2 is 1.94 bits per heavy atom. The second kappa shape index (κ2) is 8.58. The molecule has 162 valence electrons. The quantitative estimate of drug-likeness (QED) is 0.509. The SMILES string of the molecule is CCCN1C(=O)c2oc3ccc(C)cc3c(=O)c2[C@H]1c1cccc(OCCC(C)C)c1. The van der Waals surface area contributed by atoms with E-state index in [1.165, 1.54) is 0 Å². The summed E-state index contributed by atoms with van der Waals surface area (Å²) in [4.78, 5) is 28.5. The molecule has 1 aliphatic heterocycles. The van der Waals surface area contributed by atoms with Gasteiger partial charge in [-0.25, -0.2) is 0 Å². The minimum Gasteiger partial charge on any atom is -0.494 e. The third-order valence-electron chi connectivity index (χ3n) is 5.72. The Bertz CT molecular complexity index is 1180. The maximum atomic E-state index is 13.5. The Morgan fingerprint density at radius 1 is 1.13 bits per heavy atom. The van der Waals surface area contributed by atoms with E-state index in [0.29, 0.717) is 35.6 Å². The zero-order chi connectivity index (χ0) is 22.1. The Labute approximate surface area is 182 Å². The van der Waals surface area contributed by atoms with Crippen molar-refractivity contribution in [3.8, 4) is 5.75 Å². The highest BCUT2D eigenvalue weighted by Gasteiger charge is 2.42. The Kier molecular flexibility index (Phi) is 5.86. The topological polar surface area (TPSA) is 59.8 Å². The van der Waals surface area contributed by atoms with Crippen molar-refractivity contribution in [1.29, 1.82) is 0 Å². The smallest absolute Gasteiger partial charge is 0.290 e. The van der Waals surface area contributed by atoms with Crippen molar-refractivity contribution >= 4 is 16.9 Å². The Morgan fingerprint density at radius 3 is 2.68 bits per heavy atom. The molecule has 31 heavy (non-hydrogen) atoms. The summed E-state index contributed by atoms with van der Waals surface area (Å²) in [6.07, 6.45) is 1.75. The number of ether oxygens (including phenoxy) is 1. The van der Waals surface area contributed by atoms with E-state index >= 15 is 0 Å². The van der Waals surface area contributed by atoms with Gasteiger partial charge in [0, 0.05) is 6.54 Å². The lowest BCUT2D eigenvalue weighted by Gasteiger charge is -2.25. The lowest BCUT2D eigenvalue weighted by atomic mass is 9.98. The van der Waals surface area contributed by atoms with Gasteiger partial charge in [0.1, 0.15) is 11.3 Å². The largest absolute Gasteiger partial charge is 0.494 e. The lowest BCUT2D eigenvalue weighted by molar-refractivity contribution is 0.0728. The molecule has 0 N–H and O–H groups in total. The molecule has 0 fully saturated rings. The fourth-order valence-electron chi connectivity index (χ4n) is 4.14. The van der Waals surface area contributed by atoms with Gasteiger partial charge in [0.25, 0.3) is 5.91 Å². The summed E-state index contributed by atoms with van der Waals surface area (Å²) in [6, 6.07) is 12.7.